The van der Waals surface area contributed by atoms with Crippen LogP contribution in [0.1, 0.15) is 47.5 Å². The van der Waals surface area contributed by atoms with E-state index in [4.69, 9.17) is 0 Å². The number of hydrogen-bond acceptors (Lipinski definition) is 1. The molecule has 1 rings (SSSR count). The highest BCUT2D eigenvalue weighted by molar-refractivity contribution is 4.88. The van der Waals surface area contributed by atoms with Gasteiger partial charge in [-0.05, 0) is 36.0 Å². The molecule has 4 atom stereocenters. The summed E-state index contributed by atoms with van der Waals surface area (Å²) in [6, 6.07) is 0. The van der Waals surface area contributed by atoms with Crippen LogP contribution < -0.4 is 0 Å². The first kappa shape index (κ1) is 11.0. The minimum Gasteiger partial charge on any atom is -0.393 e. The average Bonchev–Trinajstić information content (AvgIpc) is 1.98. The summed E-state index contributed by atoms with van der Waals surface area (Å²) in [4.78, 5) is 0. The fourth-order valence-electron chi connectivity index (χ4n) is 2.81. The number of aliphatic hydroxyl groups excluding tert-OH is 1. The van der Waals surface area contributed by atoms with Crippen LogP contribution in [-0.4, -0.2) is 11.2 Å². The van der Waals surface area contributed by atoms with Crippen molar-refractivity contribution in [2.24, 2.45) is 23.2 Å². The standard InChI is InChI=1S/C12H24O/c1-8-9(2)11(13)7-6-10(8)12(3,4)5/h8-11,13H,6-7H2,1-5H3. The second-order valence-electron chi connectivity index (χ2n) is 5.84. The Morgan fingerprint density at radius 3 is 2.00 bits per heavy atom. The van der Waals surface area contributed by atoms with E-state index in [1.54, 1.807) is 0 Å². The van der Waals surface area contributed by atoms with E-state index in [0.717, 1.165) is 12.3 Å². The van der Waals surface area contributed by atoms with E-state index in [9.17, 15) is 5.11 Å². The van der Waals surface area contributed by atoms with Crippen molar-refractivity contribution < 1.29 is 5.11 Å². The fraction of sp³-hybridized carbons (Fsp3) is 1.00. The third-order valence-corrected chi connectivity index (χ3v) is 3.96. The van der Waals surface area contributed by atoms with Crippen molar-refractivity contribution in [3.05, 3.63) is 0 Å². The Morgan fingerprint density at radius 2 is 1.54 bits per heavy atom. The van der Waals surface area contributed by atoms with Crippen LogP contribution in [-0.2, 0) is 0 Å². The fourth-order valence-corrected chi connectivity index (χ4v) is 2.81. The van der Waals surface area contributed by atoms with Crippen LogP contribution in [0.15, 0.2) is 0 Å². The van der Waals surface area contributed by atoms with E-state index in [1.165, 1.54) is 6.42 Å². The van der Waals surface area contributed by atoms with Gasteiger partial charge in [-0.2, -0.15) is 0 Å². The first-order valence-electron chi connectivity index (χ1n) is 5.52. The Morgan fingerprint density at radius 1 is 1.00 bits per heavy atom. The molecule has 0 amide bonds. The summed E-state index contributed by atoms with van der Waals surface area (Å²) in [5.41, 5.74) is 0.397. The van der Waals surface area contributed by atoms with Crippen LogP contribution in [0.5, 0.6) is 0 Å². The van der Waals surface area contributed by atoms with Crippen LogP contribution in [0.3, 0.4) is 0 Å². The van der Waals surface area contributed by atoms with E-state index in [2.05, 4.69) is 34.6 Å². The first-order chi connectivity index (χ1) is 5.84. The summed E-state index contributed by atoms with van der Waals surface area (Å²) >= 11 is 0. The van der Waals surface area contributed by atoms with Crippen LogP contribution in [0.25, 0.3) is 0 Å². The lowest BCUT2D eigenvalue weighted by Gasteiger charge is -2.44. The molecule has 0 saturated heterocycles. The maximum atomic E-state index is 9.73. The molecule has 0 aromatic carbocycles. The molecule has 78 valence electrons. The molecule has 0 aromatic rings. The lowest BCUT2D eigenvalue weighted by Crippen LogP contribution is -2.40. The summed E-state index contributed by atoms with van der Waals surface area (Å²) in [5.74, 6) is 1.90. The Labute approximate surface area is 82.5 Å². The molecule has 1 aliphatic carbocycles. The van der Waals surface area contributed by atoms with E-state index in [1.807, 2.05) is 0 Å². The topological polar surface area (TPSA) is 20.2 Å². The second-order valence-corrected chi connectivity index (χ2v) is 5.84. The number of aliphatic hydroxyl groups is 1. The third kappa shape index (κ3) is 2.25. The summed E-state index contributed by atoms with van der Waals surface area (Å²) in [6.07, 6.45) is 2.12. The highest BCUT2D eigenvalue weighted by Gasteiger charge is 2.38. The van der Waals surface area contributed by atoms with Crippen molar-refractivity contribution >= 4 is 0 Å². The van der Waals surface area contributed by atoms with Crippen molar-refractivity contribution in [2.75, 3.05) is 0 Å². The van der Waals surface area contributed by atoms with Gasteiger partial charge in [0.25, 0.3) is 0 Å². The maximum Gasteiger partial charge on any atom is 0.0568 e. The Hall–Kier alpha value is -0.0400. The predicted molar refractivity (Wildman–Crippen MR) is 56.5 cm³/mol. The third-order valence-electron chi connectivity index (χ3n) is 3.96. The largest absolute Gasteiger partial charge is 0.393 e. The molecular formula is C12H24O. The smallest absolute Gasteiger partial charge is 0.0568 e. The molecule has 1 saturated carbocycles. The first-order valence-corrected chi connectivity index (χ1v) is 5.52. The molecule has 0 heterocycles. The van der Waals surface area contributed by atoms with Crippen LogP contribution in [0.2, 0.25) is 0 Å². The minimum atomic E-state index is -0.0615. The summed E-state index contributed by atoms with van der Waals surface area (Å²) in [5, 5.41) is 9.73. The van der Waals surface area contributed by atoms with Crippen LogP contribution >= 0.6 is 0 Å². The molecule has 0 spiro atoms. The van der Waals surface area contributed by atoms with Crippen molar-refractivity contribution in [3.8, 4) is 0 Å². The van der Waals surface area contributed by atoms with Crippen LogP contribution in [0.4, 0.5) is 0 Å². The second kappa shape index (κ2) is 3.61. The van der Waals surface area contributed by atoms with Crippen molar-refractivity contribution in [1.29, 1.82) is 0 Å². The molecule has 0 aromatic heterocycles. The van der Waals surface area contributed by atoms with Gasteiger partial charge >= 0.3 is 0 Å². The molecule has 1 N–H and O–H groups in total. The van der Waals surface area contributed by atoms with Gasteiger partial charge in [0.2, 0.25) is 0 Å². The van der Waals surface area contributed by atoms with Gasteiger partial charge in [0.05, 0.1) is 6.10 Å². The van der Waals surface area contributed by atoms with Gasteiger partial charge in [-0.1, -0.05) is 34.6 Å². The van der Waals surface area contributed by atoms with Gasteiger partial charge in [0, 0.05) is 0 Å². The van der Waals surface area contributed by atoms with Crippen molar-refractivity contribution in [2.45, 2.75) is 53.6 Å². The molecule has 1 fully saturated rings. The summed E-state index contributed by atoms with van der Waals surface area (Å²) < 4.78 is 0. The van der Waals surface area contributed by atoms with Gasteiger partial charge in [0.15, 0.2) is 0 Å². The zero-order valence-corrected chi connectivity index (χ0v) is 9.67. The van der Waals surface area contributed by atoms with Crippen LogP contribution in [0, 0.1) is 23.2 Å². The van der Waals surface area contributed by atoms with Crippen molar-refractivity contribution in [3.63, 3.8) is 0 Å². The van der Waals surface area contributed by atoms with Crippen molar-refractivity contribution in [1.82, 2.24) is 0 Å². The molecule has 13 heavy (non-hydrogen) atoms. The normalized spacial score (nSPS) is 42.0. The van der Waals surface area contributed by atoms with E-state index >= 15 is 0 Å². The van der Waals surface area contributed by atoms with E-state index in [-0.39, 0.29) is 6.10 Å². The van der Waals surface area contributed by atoms with Gasteiger partial charge in [-0.15, -0.1) is 0 Å². The zero-order chi connectivity index (χ0) is 10.2. The summed E-state index contributed by atoms with van der Waals surface area (Å²) in [6.45, 7) is 11.4. The quantitative estimate of drug-likeness (QED) is 0.613. The number of hydrogen-bond donors (Lipinski definition) is 1. The number of rotatable bonds is 0. The molecule has 0 aliphatic heterocycles. The summed E-state index contributed by atoms with van der Waals surface area (Å²) in [7, 11) is 0. The van der Waals surface area contributed by atoms with Gasteiger partial charge in [-0.25, -0.2) is 0 Å². The van der Waals surface area contributed by atoms with Gasteiger partial charge in [0.1, 0.15) is 0 Å². The Kier molecular flexibility index (Phi) is 3.06. The maximum absolute atomic E-state index is 9.73. The minimum absolute atomic E-state index is 0.0615. The molecular weight excluding hydrogens is 160 g/mol. The van der Waals surface area contributed by atoms with Gasteiger partial charge < -0.3 is 5.11 Å². The molecule has 0 radical (unpaired) electrons. The SMILES string of the molecule is CC1C(O)CCC(C(C)(C)C)C1C. The lowest BCUT2D eigenvalue weighted by atomic mass is 9.63. The molecule has 1 heteroatoms. The predicted octanol–water partition coefficient (Wildman–Crippen LogP) is 3.08. The highest BCUT2D eigenvalue weighted by atomic mass is 16.3. The molecule has 0 bridgehead atoms. The molecule has 1 aliphatic rings. The average molecular weight is 184 g/mol. The lowest BCUT2D eigenvalue weighted by molar-refractivity contribution is -0.0163. The Bertz CT molecular complexity index is 168. The molecule has 1 nitrogen and oxygen atoms in total. The van der Waals surface area contributed by atoms with E-state index < -0.39 is 0 Å². The highest BCUT2D eigenvalue weighted by Crippen LogP contribution is 2.44. The zero-order valence-electron chi connectivity index (χ0n) is 9.67. The Balaban J connectivity index is 2.70. The molecule has 4 unspecified atom stereocenters. The monoisotopic (exact) mass is 184 g/mol. The van der Waals surface area contributed by atoms with E-state index in [0.29, 0.717) is 17.3 Å². The van der Waals surface area contributed by atoms with Gasteiger partial charge in [-0.3, -0.25) is 0 Å².